The van der Waals surface area contributed by atoms with E-state index >= 15 is 0 Å². The smallest absolute Gasteiger partial charge is 0.0947 e. The summed E-state index contributed by atoms with van der Waals surface area (Å²) in [5.74, 6) is 0. The minimum Gasteiger partial charge on any atom is -0.472 e. The molecule has 17 heavy (non-hydrogen) atoms. The summed E-state index contributed by atoms with van der Waals surface area (Å²) < 4.78 is 15.2. The highest BCUT2D eigenvalue weighted by molar-refractivity contribution is 5.04. The molecule has 0 fully saturated rings. The van der Waals surface area contributed by atoms with Crippen LogP contribution in [-0.4, -0.2) is 46.6 Å². The highest BCUT2D eigenvalue weighted by Gasteiger charge is 2.04. The molecule has 2 N–H and O–H groups in total. The molecule has 1 aromatic rings. The largest absolute Gasteiger partial charge is 0.472 e. The number of hydrogen-bond donors (Lipinski definition) is 2. The van der Waals surface area contributed by atoms with Crippen LogP contribution in [0.1, 0.15) is 5.56 Å². The van der Waals surface area contributed by atoms with Gasteiger partial charge in [0.05, 0.1) is 25.2 Å². The zero-order chi connectivity index (χ0) is 12.3. The van der Waals surface area contributed by atoms with Gasteiger partial charge in [0.2, 0.25) is 0 Å². The van der Waals surface area contributed by atoms with Crippen LogP contribution in [0.4, 0.5) is 0 Å². The van der Waals surface area contributed by atoms with Crippen molar-refractivity contribution in [3.05, 3.63) is 24.2 Å². The number of ether oxygens (including phenoxy) is 2. The van der Waals surface area contributed by atoms with E-state index in [0.29, 0.717) is 6.61 Å². The second kappa shape index (κ2) is 9.18. The number of hydrogen-bond acceptors (Lipinski definition) is 5. The monoisotopic (exact) mass is 242 g/mol. The third kappa shape index (κ3) is 6.43. The maximum absolute atomic E-state index is 5.24. The first-order valence-corrected chi connectivity index (χ1v) is 5.81. The molecule has 0 spiro atoms. The fraction of sp³-hybridized carbons (Fsp3) is 0.667. The van der Waals surface area contributed by atoms with Gasteiger partial charge in [-0.25, -0.2) is 0 Å². The Balaban J connectivity index is 1.93. The van der Waals surface area contributed by atoms with Crippen molar-refractivity contribution >= 4 is 0 Å². The summed E-state index contributed by atoms with van der Waals surface area (Å²) in [5.41, 5.74) is 1.17. The van der Waals surface area contributed by atoms with Crippen LogP contribution in [0.5, 0.6) is 0 Å². The first-order chi connectivity index (χ1) is 8.36. The Kier molecular flexibility index (Phi) is 7.66. The molecule has 0 radical (unpaired) electrons. The van der Waals surface area contributed by atoms with Gasteiger partial charge in [0, 0.05) is 46.0 Å². The number of nitrogens with one attached hydrogen (secondary N) is 2. The van der Waals surface area contributed by atoms with Crippen molar-refractivity contribution in [2.45, 2.75) is 12.6 Å². The molecule has 0 saturated heterocycles. The van der Waals surface area contributed by atoms with Gasteiger partial charge >= 0.3 is 0 Å². The molecule has 98 valence electrons. The Hall–Kier alpha value is -0.880. The lowest BCUT2D eigenvalue weighted by molar-refractivity contribution is 0.0291. The van der Waals surface area contributed by atoms with Gasteiger partial charge in [-0.2, -0.15) is 0 Å². The normalized spacial score (nSPS) is 12.8. The predicted octanol–water partition coefficient (Wildman–Crippen LogP) is 0.620. The zero-order valence-corrected chi connectivity index (χ0v) is 10.6. The summed E-state index contributed by atoms with van der Waals surface area (Å²) in [6.07, 6.45) is 3.55. The van der Waals surface area contributed by atoms with E-state index in [-0.39, 0.29) is 6.10 Å². The highest BCUT2D eigenvalue weighted by atomic mass is 16.5. The van der Waals surface area contributed by atoms with Crippen LogP contribution in [0.2, 0.25) is 0 Å². The Morgan fingerprint density at radius 2 is 2.12 bits per heavy atom. The van der Waals surface area contributed by atoms with Crippen LogP contribution in [0.25, 0.3) is 0 Å². The maximum atomic E-state index is 5.24. The van der Waals surface area contributed by atoms with Crippen molar-refractivity contribution in [3.63, 3.8) is 0 Å². The Morgan fingerprint density at radius 3 is 2.76 bits per heavy atom. The van der Waals surface area contributed by atoms with Crippen molar-refractivity contribution in [2.24, 2.45) is 0 Å². The van der Waals surface area contributed by atoms with Crippen LogP contribution in [0, 0.1) is 0 Å². The summed E-state index contributed by atoms with van der Waals surface area (Å²) in [6, 6.07) is 1.96. The van der Waals surface area contributed by atoms with Gasteiger partial charge in [-0.1, -0.05) is 0 Å². The van der Waals surface area contributed by atoms with E-state index in [9.17, 15) is 0 Å². The second-order valence-electron chi connectivity index (χ2n) is 3.83. The highest BCUT2D eigenvalue weighted by Crippen LogP contribution is 1.97. The predicted molar refractivity (Wildman–Crippen MR) is 66.0 cm³/mol. The molecule has 1 unspecified atom stereocenters. The molecule has 0 aliphatic rings. The van der Waals surface area contributed by atoms with Crippen molar-refractivity contribution in [3.8, 4) is 0 Å². The zero-order valence-electron chi connectivity index (χ0n) is 10.6. The number of rotatable bonds is 10. The number of methoxy groups -OCH3 is 2. The lowest BCUT2D eigenvalue weighted by atomic mass is 10.3. The second-order valence-corrected chi connectivity index (χ2v) is 3.83. The average Bonchev–Trinajstić information content (AvgIpc) is 2.85. The molecule has 5 heteroatoms. The molecule has 0 bridgehead atoms. The molecule has 0 saturated carbocycles. The van der Waals surface area contributed by atoms with Gasteiger partial charge in [-0.05, 0) is 6.07 Å². The summed E-state index contributed by atoms with van der Waals surface area (Å²) in [7, 11) is 3.38. The molecule has 0 aliphatic carbocycles. The molecular weight excluding hydrogens is 220 g/mol. The van der Waals surface area contributed by atoms with E-state index in [1.165, 1.54) is 5.56 Å². The fourth-order valence-corrected chi connectivity index (χ4v) is 1.46. The van der Waals surface area contributed by atoms with Crippen molar-refractivity contribution in [1.82, 2.24) is 10.6 Å². The van der Waals surface area contributed by atoms with Crippen LogP contribution in [0.15, 0.2) is 23.0 Å². The van der Waals surface area contributed by atoms with E-state index in [4.69, 9.17) is 13.9 Å². The van der Waals surface area contributed by atoms with E-state index in [1.54, 1.807) is 26.7 Å². The summed E-state index contributed by atoms with van der Waals surface area (Å²) in [5, 5.41) is 6.63. The summed E-state index contributed by atoms with van der Waals surface area (Å²) >= 11 is 0. The average molecular weight is 242 g/mol. The van der Waals surface area contributed by atoms with Crippen molar-refractivity contribution in [2.75, 3.05) is 40.5 Å². The van der Waals surface area contributed by atoms with Crippen LogP contribution < -0.4 is 10.6 Å². The standard InChI is InChI=1S/C12H22N2O3/c1-15-10-12(16-2)8-14-5-4-13-7-11-3-6-17-9-11/h3,6,9,12-14H,4-5,7-8,10H2,1-2H3. The van der Waals surface area contributed by atoms with Gasteiger partial charge in [0.15, 0.2) is 0 Å². The van der Waals surface area contributed by atoms with Gasteiger partial charge in [0.1, 0.15) is 0 Å². The maximum Gasteiger partial charge on any atom is 0.0947 e. The lowest BCUT2D eigenvalue weighted by Crippen LogP contribution is -2.35. The molecule has 0 aliphatic heterocycles. The van der Waals surface area contributed by atoms with E-state index in [0.717, 1.165) is 26.2 Å². The summed E-state index contributed by atoms with van der Waals surface area (Å²) in [6.45, 7) is 4.07. The molecule has 1 heterocycles. The molecule has 1 atom stereocenters. The third-order valence-electron chi connectivity index (χ3n) is 2.45. The first kappa shape index (κ1) is 14.2. The van der Waals surface area contributed by atoms with E-state index in [2.05, 4.69) is 10.6 Å². The van der Waals surface area contributed by atoms with Crippen molar-refractivity contribution in [1.29, 1.82) is 0 Å². The van der Waals surface area contributed by atoms with Crippen LogP contribution in [0.3, 0.4) is 0 Å². The quantitative estimate of drug-likeness (QED) is 0.589. The van der Waals surface area contributed by atoms with Gasteiger partial charge in [-0.15, -0.1) is 0 Å². The van der Waals surface area contributed by atoms with Gasteiger partial charge < -0.3 is 24.5 Å². The van der Waals surface area contributed by atoms with Gasteiger partial charge in [-0.3, -0.25) is 0 Å². The van der Waals surface area contributed by atoms with E-state index in [1.807, 2.05) is 6.07 Å². The van der Waals surface area contributed by atoms with Crippen molar-refractivity contribution < 1.29 is 13.9 Å². The topological polar surface area (TPSA) is 55.7 Å². The van der Waals surface area contributed by atoms with Crippen LogP contribution in [-0.2, 0) is 16.0 Å². The number of furan rings is 1. The Morgan fingerprint density at radius 1 is 1.29 bits per heavy atom. The Bertz CT molecular complexity index is 265. The molecule has 0 aromatic carbocycles. The fourth-order valence-electron chi connectivity index (χ4n) is 1.46. The molecule has 0 amide bonds. The van der Waals surface area contributed by atoms with E-state index < -0.39 is 0 Å². The van der Waals surface area contributed by atoms with Crippen LogP contribution >= 0.6 is 0 Å². The SMILES string of the molecule is COCC(CNCCNCc1ccoc1)OC. The Labute approximate surface area is 102 Å². The molecule has 1 rings (SSSR count). The molecular formula is C12H22N2O3. The minimum atomic E-state index is 0.119. The summed E-state index contributed by atoms with van der Waals surface area (Å²) in [4.78, 5) is 0. The first-order valence-electron chi connectivity index (χ1n) is 5.81. The lowest BCUT2D eigenvalue weighted by Gasteiger charge is -2.15. The minimum absolute atomic E-state index is 0.119. The van der Waals surface area contributed by atoms with Gasteiger partial charge in [0.25, 0.3) is 0 Å². The molecule has 5 nitrogen and oxygen atoms in total. The third-order valence-corrected chi connectivity index (χ3v) is 2.45. The molecule has 1 aromatic heterocycles.